The van der Waals surface area contributed by atoms with Crippen molar-refractivity contribution in [1.29, 1.82) is 0 Å². The number of likely N-dealkylation sites (N-methyl/N-ethyl adjacent to an activating group) is 1. The Bertz CT molecular complexity index is 576. The lowest BCUT2D eigenvalue weighted by Gasteiger charge is -2.26. The maximum atomic E-state index is 5.75. The first-order chi connectivity index (χ1) is 9.70. The topological polar surface area (TPSA) is 64.5 Å². The van der Waals surface area contributed by atoms with Crippen molar-refractivity contribution in [3.8, 4) is 0 Å². The van der Waals surface area contributed by atoms with Gasteiger partial charge in [-0.2, -0.15) is 0 Å². The van der Waals surface area contributed by atoms with Crippen LogP contribution in [0.3, 0.4) is 0 Å². The third-order valence-electron chi connectivity index (χ3n) is 3.65. The molecule has 0 spiro atoms. The highest BCUT2D eigenvalue weighted by atomic mass is 16.5. The van der Waals surface area contributed by atoms with Gasteiger partial charge in [-0.25, -0.2) is 4.98 Å². The molecule has 2 heterocycles. The number of hydrogen-bond donors (Lipinski definition) is 1. The maximum Gasteiger partial charge on any atom is 0.209 e. The molecule has 1 saturated heterocycles. The number of nitrogen functional groups attached to an aromatic ring is 1. The van der Waals surface area contributed by atoms with Crippen LogP contribution in [-0.2, 0) is 11.3 Å². The zero-order chi connectivity index (χ0) is 13.9. The number of rotatable bonds is 4. The van der Waals surface area contributed by atoms with Crippen molar-refractivity contribution in [2.75, 3.05) is 25.9 Å². The van der Waals surface area contributed by atoms with Crippen molar-refractivity contribution >= 4 is 16.8 Å². The highest BCUT2D eigenvalue weighted by molar-refractivity contribution is 5.76. The van der Waals surface area contributed by atoms with E-state index in [-0.39, 0.29) is 0 Å². The Labute approximate surface area is 118 Å². The fourth-order valence-corrected chi connectivity index (χ4v) is 2.65. The zero-order valence-electron chi connectivity index (χ0n) is 11.8. The second-order valence-corrected chi connectivity index (χ2v) is 5.52. The van der Waals surface area contributed by atoms with Crippen LogP contribution in [-0.4, -0.2) is 36.2 Å². The van der Waals surface area contributed by atoms with Gasteiger partial charge in [-0.1, -0.05) is 0 Å². The largest absolute Gasteiger partial charge is 0.439 e. The first-order valence-corrected chi connectivity index (χ1v) is 7.16. The van der Waals surface area contributed by atoms with Crippen LogP contribution in [0.2, 0.25) is 0 Å². The summed E-state index contributed by atoms with van der Waals surface area (Å²) in [5, 5.41) is 0. The van der Waals surface area contributed by atoms with Crippen molar-refractivity contribution in [2.45, 2.75) is 31.9 Å². The lowest BCUT2D eigenvalue weighted by Crippen LogP contribution is -2.33. The molecule has 2 N–H and O–H groups in total. The lowest BCUT2D eigenvalue weighted by molar-refractivity contribution is -0.00354. The molecule has 1 unspecified atom stereocenters. The summed E-state index contributed by atoms with van der Waals surface area (Å²) in [4.78, 5) is 6.68. The smallest absolute Gasteiger partial charge is 0.209 e. The van der Waals surface area contributed by atoms with Gasteiger partial charge >= 0.3 is 0 Å². The molecular formula is C15H21N3O2. The highest BCUT2D eigenvalue weighted by Crippen LogP contribution is 2.20. The number of aromatic nitrogens is 1. The molecule has 0 saturated carbocycles. The Morgan fingerprint density at radius 1 is 1.40 bits per heavy atom. The summed E-state index contributed by atoms with van der Waals surface area (Å²) in [5.74, 6) is 0.726. The van der Waals surface area contributed by atoms with Gasteiger partial charge in [0.1, 0.15) is 5.52 Å². The van der Waals surface area contributed by atoms with E-state index in [9.17, 15) is 0 Å². The average Bonchev–Trinajstić information content (AvgIpc) is 2.80. The van der Waals surface area contributed by atoms with Crippen LogP contribution in [0.15, 0.2) is 22.6 Å². The molecule has 2 aromatic rings. The van der Waals surface area contributed by atoms with Gasteiger partial charge in [0.15, 0.2) is 5.58 Å². The van der Waals surface area contributed by atoms with E-state index < -0.39 is 0 Å². The van der Waals surface area contributed by atoms with E-state index in [2.05, 4.69) is 16.9 Å². The van der Waals surface area contributed by atoms with Gasteiger partial charge in [0.25, 0.3) is 0 Å². The minimum atomic E-state index is 0.341. The number of anilines is 1. The summed E-state index contributed by atoms with van der Waals surface area (Å²) < 4.78 is 11.5. The van der Waals surface area contributed by atoms with E-state index in [1.165, 1.54) is 12.8 Å². The standard InChI is InChI=1S/C15H21N3O2/c1-18(9-12-4-2-3-7-19-12)10-15-17-13-6-5-11(16)8-14(13)20-15/h5-6,8,12H,2-4,7,9-10,16H2,1H3. The molecule has 1 aliphatic heterocycles. The van der Waals surface area contributed by atoms with Crippen LogP contribution in [0, 0.1) is 0 Å². The average molecular weight is 275 g/mol. The maximum absolute atomic E-state index is 5.75. The summed E-state index contributed by atoms with van der Waals surface area (Å²) in [6.07, 6.45) is 3.94. The first-order valence-electron chi connectivity index (χ1n) is 7.16. The summed E-state index contributed by atoms with van der Waals surface area (Å²) in [7, 11) is 2.07. The third-order valence-corrected chi connectivity index (χ3v) is 3.65. The number of fused-ring (bicyclic) bond motifs is 1. The summed E-state index contributed by atoms with van der Waals surface area (Å²) in [6, 6.07) is 5.55. The van der Waals surface area contributed by atoms with Gasteiger partial charge in [0, 0.05) is 24.9 Å². The van der Waals surface area contributed by atoms with Crippen LogP contribution in [0.1, 0.15) is 25.2 Å². The van der Waals surface area contributed by atoms with Gasteiger partial charge < -0.3 is 14.9 Å². The number of ether oxygens (including phenoxy) is 1. The van der Waals surface area contributed by atoms with Gasteiger partial charge in [-0.3, -0.25) is 4.90 Å². The molecule has 1 aromatic carbocycles. The molecule has 108 valence electrons. The Balaban J connectivity index is 1.63. The molecule has 3 rings (SSSR count). The highest BCUT2D eigenvalue weighted by Gasteiger charge is 2.17. The third kappa shape index (κ3) is 3.11. The van der Waals surface area contributed by atoms with Crippen LogP contribution in [0.5, 0.6) is 0 Å². The SMILES string of the molecule is CN(Cc1nc2ccc(N)cc2o1)CC1CCCCO1. The molecule has 1 aromatic heterocycles. The predicted molar refractivity (Wildman–Crippen MR) is 78.3 cm³/mol. The van der Waals surface area contributed by atoms with Crippen LogP contribution < -0.4 is 5.73 Å². The van der Waals surface area contributed by atoms with Crippen LogP contribution in [0.25, 0.3) is 11.1 Å². The van der Waals surface area contributed by atoms with Crippen molar-refractivity contribution in [1.82, 2.24) is 9.88 Å². The molecule has 5 heteroatoms. The molecule has 0 radical (unpaired) electrons. The van der Waals surface area contributed by atoms with Gasteiger partial charge in [0.05, 0.1) is 12.6 Å². The molecule has 20 heavy (non-hydrogen) atoms. The van der Waals surface area contributed by atoms with Gasteiger partial charge in [-0.15, -0.1) is 0 Å². The quantitative estimate of drug-likeness (QED) is 0.868. The van der Waals surface area contributed by atoms with E-state index >= 15 is 0 Å². The summed E-state index contributed by atoms with van der Waals surface area (Å²) in [6.45, 7) is 2.50. The fourth-order valence-electron chi connectivity index (χ4n) is 2.65. The number of nitrogens with two attached hydrogens (primary N) is 1. The number of nitrogens with zero attached hydrogens (tertiary/aromatic N) is 2. The summed E-state index contributed by atoms with van der Waals surface area (Å²) >= 11 is 0. The number of benzene rings is 1. The summed E-state index contributed by atoms with van der Waals surface area (Å²) in [5.41, 5.74) is 8.05. The van der Waals surface area contributed by atoms with E-state index in [1.807, 2.05) is 18.2 Å². The minimum Gasteiger partial charge on any atom is -0.439 e. The molecule has 1 atom stereocenters. The van der Waals surface area contributed by atoms with E-state index in [1.54, 1.807) is 0 Å². The molecule has 5 nitrogen and oxygen atoms in total. The molecule has 0 amide bonds. The number of hydrogen-bond acceptors (Lipinski definition) is 5. The van der Waals surface area contributed by atoms with E-state index in [0.717, 1.165) is 36.6 Å². The molecule has 0 aliphatic carbocycles. The van der Waals surface area contributed by atoms with Crippen LogP contribution in [0.4, 0.5) is 5.69 Å². The Morgan fingerprint density at radius 2 is 2.30 bits per heavy atom. The van der Waals surface area contributed by atoms with Crippen molar-refractivity contribution in [3.63, 3.8) is 0 Å². The van der Waals surface area contributed by atoms with Crippen molar-refractivity contribution in [2.24, 2.45) is 0 Å². The minimum absolute atomic E-state index is 0.341. The van der Waals surface area contributed by atoms with Crippen LogP contribution >= 0.6 is 0 Å². The van der Waals surface area contributed by atoms with Crippen molar-refractivity contribution < 1.29 is 9.15 Å². The van der Waals surface area contributed by atoms with Crippen molar-refractivity contribution in [3.05, 3.63) is 24.1 Å². The van der Waals surface area contributed by atoms with Gasteiger partial charge in [-0.05, 0) is 38.4 Å². The molecule has 1 fully saturated rings. The second-order valence-electron chi connectivity index (χ2n) is 5.52. The van der Waals surface area contributed by atoms with E-state index in [0.29, 0.717) is 18.3 Å². The molecular weight excluding hydrogens is 254 g/mol. The fraction of sp³-hybridized carbons (Fsp3) is 0.533. The molecule has 0 bridgehead atoms. The lowest BCUT2D eigenvalue weighted by atomic mass is 10.1. The Morgan fingerprint density at radius 3 is 3.10 bits per heavy atom. The zero-order valence-corrected chi connectivity index (χ0v) is 11.8. The van der Waals surface area contributed by atoms with E-state index in [4.69, 9.17) is 14.9 Å². The predicted octanol–water partition coefficient (Wildman–Crippen LogP) is 2.41. The number of oxazole rings is 1. The molecule has 1 aliphatic rings. The second kappa shape index (κ2) is 5.81. The monoisotopic (exact) mass is 275 g/mol. The van der Waals surface area contributed by atoms with Gasteiger partial charge in [0.2, 0.25) is 5.89 Å². The first kappa shape index (κ1) is 13.4. The Hall–Kier alpha value is -1.59. The normalized spacial score (nSPS) is 19.8. The Kier molecular flexibility index (Phi) is 3.89.